The highest BCUT2D eigenvalue weighted by molar-refractivity contribution is 7.93. The molecule has 1 saturated heterocycles. The van der Waals surface area contributed by atoms with Gasteiger partial charge in [0.2, 0.25) is 5.91 Å². The Labute approximate surface area is 150 Å². The van der Waals surface area contributed by atoms with Crippen LogP contribution in [-0.2, 0) is 19.4 Å². The lowest BCUT2D eigenvalue weighted by Gasteiger charge is -2.33. The van der Waals surface area contributed by atoms with Crippen LogP contribution in [0, 0.1) is 0 Å². The molecule has 1 fully saturated rings. The standard InChI is InChI=1S/C17H26N2O4SSi/c1-17(2,3)25(5,6)19-24(22)14(11-15(20)18-24)12-8-7-9-13(10-12)16(21)23-4/h7-10,14H,11H2,1-6H3,(H,18,19,20,22). The van der Waals surface area contributed by atoms with Crippen molar-refractivity contribution < 1.29 is 18.5 Å². The summed E-state index contributed by atoms with van der Waals surface area (Å²) in [6.45, 7) is 10.3. The number of rotatable bonds is 3. The van der Waals surface area contributed by atoms with Crippen LogP contribution in [0.4, 0.5) is 0 Å². The molecule has 1 aliphatic rings. The summed E-state index contributed by atoms with van der Waals surface area (Å²) in [7, 11) is -3.89. The summed E-state index contributed by atoms with van der Waals surface area (Å²) in [5.74, 6) is -0.743. The Bertz CT molecular complexity index is 820. The monoisotopic (exact) mass is 382 g/mol. The van der Waals surface area contributed by atoms with E-state index in [-0.39, 0.29) is 17.4 Å². The van der Waals surface area contributed by atoms with E-state index in [2.05, 4.69) is 25.5 Å². The number of hydrogen-bond donors (Lipinski definition) is 1. The van der Waals surface area contributed by atoms with E-state index in [0.717, 1.165) is 0 Å². The Morgan fingerprint density at radius 1 is 1.36 bits per heavy atom. The summed E-state index contributed by atoms with van der Waals surface area (Å²) in [5, 5.41) is -0.665. The second-order valence-corrected chi connectivity index (χ2v) is 15.1. The van der Waals surface area contributed by atoms with Crippen LogP contribution in [0.25, 0.3) is 0 Å². The van der Waals surface area contributed by atoms with E-state index in [0.29, 0.717) is 11.1 Å². The third kappa shape index (κ3) is 3.95. The molecule has 1 amide bonds. The number of ether oxygens (including phenoxy) is 1. The van der Waals surface area contributed by atoms with Gasteiger partial charge in [-0.2, -0.15) is 0 Å². The number of nitrogens with one attached hydrogen (secondary N) is 1. The first kappa shape index (κ1) is 19.6. The molecule has 6 nitrogen and oxygen atoms in total. The number of amides is 1. The number of carbonyl (C=O) groups excluding carboxylic acids is 2. The van der Waals surface area contributed by atoms with Gasteiger partial charge in [0.15, 0.2) is 8.24 Å². The number of methoxy groups -OCH3 is 1. The Hall–Kier alpha value is -1.67. The van der Waals surface area contributed by atoms with Gasteiger partial charge in [0.05, 0.1) is 17.9 Å². The molecule has 0 bridgehead atoms. The van der Waals surface area contributed by atoms with Crippen molar-refractivity contribution in [3.63, 3.8) is 0 Å². The molecule has 0 saturated carbocycles. The molecule has 0 aromatic heterocycles. The average Bonchev–Trinajstić information content (AvgIpc) is 2.79. The van der Waals surface area contributed by atoms with E-state index >= 15 is 0 Å². The van der Waals surface area contributed by atoms with E-state index in [1.54, 1.807) is 24.3 Å². The summed E-state index contributed by atoms with van der Waals surface area (Å²) in [6.07, 6.45) is 0.0988. The molecule has 1 heterocycles. The molecule has 1 aromatic rings. The maximum Gasteiger partial charge on any atom is 0.337 e. The first-order valence-corrected chi connectivity index (χ1v) is 12.7. The van der Waals surface area contributed by atoms with E-state index in [1.165, 1.54) is 7.11 Å². The van der Waals surface area contributed by atoms with Gasteiger partial charge in [0.25, 0.3) is 0 Å². The normalized spacial score (nSPS) is 23.9. The molecular formula is C17H26N2O4SSi. The van der Waals surface area contributed by atoms with Gasteiger partial charge < -0.3 is 4.74 Å². The Morgan fingerprint density at radius 3 is 2.56 bits per heavy atom. The molecule has 0 spiro atoms. The summed E-state index contributed by atoms with van der Waals surface area (Å²) in [5.41, 5.74) is 1.03. The fourth-order valence-electron chi connectivity index (χ4n) is 2.41. The fraction of sp³-hybridized carbons (Fsp3) is 0.529. The van der Waals surface area contributed by atoms with Crippen LogP contribution >= 0.6 is 0 Å². The predicted octanol–water partition coefficient (Wildman–Crippen LogP) is 3.42. The molecule has 2 unspecified atom stereocenters. The van der Waals surface area contributed by atoms with Crippen LogP contribution in [-0.4, -0.2) is 31.4 Å². The zero-order chi connectivity index (χ0) is 19.0. The van der Waals surface area contributed by atoms with Crippen molar-refractivity contribution >= 4 is 30.0 Å². The summed E-state index contributed by atoms with van der Waals surface area (Å²) < 4.78 is 25.6. The average molecular weight is 383 g/mol. The largest absolute Gasteiger partial charge is 0.465 e. The molecule has 1 aliphatic heterocycles. The molecule has 1 N–H and O–H groups in total. The maximum atomic E-state index is 13.6. The quantitative estimate of drug-likeness (QED) is 0.641. The summed E-state index contributed by atoms with van der Waals surface area (Å²) >= 11 is 0. The highest BCUT2D eigenvalue weighted by Crippen LogP contribution is 2.40. The number of benzene rings is 1. The molecular weight excluding hydrogens is 356 g/mol. The summed E-state index contributed by atoms with van der Waals surface area (Å²) in [6, 6.07) is 6.75. The van der Waals surface area contributed by atoms with Crippen LogP contribution in [0.15, 0.2) is 28.3 Å². The molecule has 2 atom stereocenters. The minimum atomic E-state index is -2.95. The van der Waals surface area contributed by atoms with Crippen molar-refractivity contribution in [3.8, 4) is 0 Å². The first-order chi connectivity index (χ1) is 11.4. The number of esters is 1. The Balaban J connectivity index is 2.55. The first-order valence-electron chi connectivity index (χ1n) is 8.16. The van der Waals surface area contributed by atoms with Crippen molar-refractivity contribution in [2.24, 2.45) is 4.03 Å². The second kappa shape index (κ2) is 6.57. The van der Waals surface area contributed by atoms with E-state index in [1.807, 2.05) is 13.1 Å². The lowest BCUT2D eigenvalue weighted by Crippen LogP contribution is -2.38. The van der Waals surface area contributed by atoms with Crippen molar-refractivity contribution in [2.75, 3.05) is 7.11 Å². The molecule has 0 radical (unpaired) electrons. The molecule has 0 aliphatic carbocycles. The topological polar surface area (TPSA) is 84.8 Å². The van der Waals surface area contributed by atoms with Gasteiger partial charge in [-0.25, -0.2) is 9.00 Å². The van der Waals surface area contributed by atoms with Gasteiger partial charge in [0.1, 0.15) is 9.92 Å². The van der Waals surface area contributed by atoms with Gasteiger partial charge in [-0.1, -0.05) is 32.9 Å². The third-order valence-corrected chi connectivity index (χ3v) is 13.2. The zero-order valence-corrected chi connectivity index (χ0v) is 17.4. The Kier molecular flexibility index (Phi) is 5.16. The number of hydrogen-bond acceptors (Lipinski definition) is 5. The third-order valence-electron chi connectivity index (χ3n) is 4.90. The van der Waals surface area contributed by atoms with Gasteiger partial charge >= 0.3 is 5.97 Å². The second-order valence-electron chi connectivity index (χ2n) is 7.80. The van der Waals surface area contributed by atoms with Gasteiger partial charge in [0, 0.05) is 6.42 Å². The highest BCUT2D eigenvalue weighted by atomic mass is 32.2. The minimum Gasteiger partial charge on any atom is -0.465 e. The van der Waals surface area contributed by atoms with Gasteiger partial charge in [-0.3, -0.25) is 13.5 Å². The zero-order valence-electron chi connectivity index (χ0n) is 15.6. The van der Waals surface area contributed by atoms with Crippen molar-refractivity contribution in [2.45, 2.75) is 50.6 Å². The van der Waals surface area contributed by atoms with Crippen molar-refractivity contribution in [1.29, 1.82) is 0 Å². The smallest absolute Gasteiger partial charge is 0.337 e. The molecule has 25 heavy (non-hydrogen) atoms. The maximum absolute atomic E-state index is 13.6. The SMILES string of the molecule is COC(=O)c1cccc(C2CC(=O)NS2(=O)=N[Si](C)(C)C(C)(C)C)c1. The fourth-order valence-corrected chi connectivity index (χ4v) is 8.35. The van der Waals surface area contributed by atoms with Crippen molar-refractivity contribution in [3.05, 3.63) is 35.4 Å². The van der Waals surface area contributed by atoms with Crippen LogP contribution in [0.3, 0.4) is 0 Å². The summed E-state index contributed by atoms with van der Waals surface area (Å²) in [4.78, 5) is 23.8. The number of nitrogens with zero attached hydrogens (tertiary/aromatic N) is 1. The van der Waals surface area contributed by atoms with Crippen LogP contribution in [0.2, 0.25) is 18.1 Å². The molecule has 8 heteroatoms. The number of carbonyl (C=O) groups is 2. The highest BCUT2D eigenvalue weighted by Gasteiger charge is 2.42. The van der Waals surface area contributed by atoms with E-state index in [4.69, 9.17) is 8.77 Å². The van der Waals surface area contributed by atoms with E-state index < -0.39 is 29.4 Å². The van der Waals surface area contributed by atoms with Crippen LogP contribution in [0.1, 0.15) is 48.4 Å². The van der Waals surface area contributed by atoms with Crippen LogP contribution < -0.4 is 4.72 Å². The minimum absolute atomic E-state index is 0.0941. The van der Waals surface area contributed by atoms with Crippen LogP contribution in [0.5, 0.6) is 0 Å². The lowest BCUT2D eigenvalue weighted by atomic mass is 10.1. The predicted molar refractivity (Wildman–Crippen MR) is 101 cm³/mol. The molecule has 1 aromatic carbocycles. The van der Waals surface area contributed by atoms with E-state index in [9.17, 15) is 13.8 Å². The van der Waals surface area contributed by atoms with Crippen molar-refractivity contribution in [1.82, 2.24) is 4.72 Å². The Morgan fingerprint density at radius 2 is 2.00 bits per heavy atom. The van der Waals surface area contributed by atoms with Gasteiger partial charge in [-0.15, -0.1) is 0 Å². The lowest BCUT2D eigenvalue weighted by molar-refractivity contribution is -0.118. The molecule has 2 rings (SSSR count). The molecule has 138 valence electrons. The van der Waals surface area contributed by atoms with Gasteiger partial charge in [-0.05, 0) is 35.8 Å².